The van der Waals surface area contributed by atoms with Gasteiger partial charge in [0.05, 0.1) is 28.9 Å². The quantitative estimate of drug-likeness (QED) is 0.609. The van der Waals surface area contributed by atoms with Crippen LogP contribution in [0.25, 0.3) is 10.2 Å². The van der Waals surface area contributed by atoms with E-state index in [9.17, 15) is 9.59 Å². The number of amides is 2. The molecule has 0 unspecified atom stereocenters. The van der Waals surface area contributed by atoms with E-state index in [1.807, 2.05) is 0 Å². The molecule has 25 heavy (non-hydrogen) atoms. The third-order valence-corrected chi connectivity index (χ3v) is 5.33. The van der Waals surface area contributed by atoms with Gasteiger partial charge in [-0.1, -0.05) is 23.2 Å². The average Bonchev–Trinajstić information content (AvgIpc) is 3.13. The van der Waals surface area contributed by atoms with Crippen LogP contribution in [0.15, 0.2) is 30.3 Å². The number of ether oxygens (including phenoxy) is 1. The van der Waals surface area contributed by atoms with E-state index >= 15 is 0 Å². The van der Waals surface area contributed by atoms with E-state index < -0.39 is 5.91 Å². The van der Waals surface area contributed by atoms with Gasteiger partial charge in [-0.25, -0.2) is 0 Å². The predicted molar refractivity (Wildman–Crippen MR) is 100 cm³/mol. The summed E-state index contributed by atoms with van der Waals surface area (Å²) in [6.07, 6.45) is 0. The fraction of sp³-hybridized carbons (Fsp3) is 0.125. The number of aromatic nitrogens is 1. The van der Waals surface area contributed by atoms with Crippen LogP contribution in [0.4, 0.5) is 5.69 Å². The van der Waals surface area contributed by atoms with Crippen LogP contribution in [0.2, 0.25) is 9.36 Å². The molecule has 3 aromatic rings. The highest BCUT2D eigenvalue weighted by atomic mass is 35.5. The third-order valence-electron chi connectivity index (χ3n) is 3.40. The van der Waals surface area contributed by atoms with E-state index in [-0.39, 0.29) is 12.5 Å². The first-order chi connectivity index (χ1) is 12.0. The lowest BCUT2D eigenvalue weighted by Gasteiger charge is -2.07. The molecule has 0 saturated heterocycles. The normalized spacial score (nSPS) is 10.7. The molecule has 0 aliphatic rings. The molecule has 2 aromatic heterocycles. The van der Waals surface area contributed by atoms with Gasteiger partial charge in [0, 0.05) is 5.69 Å². The second-order valence-electron chi connectivity index (χ2n) is 5.07. The molecule has 3 rings (SSSR count). The molecule has 0 saturated carbocycles. The number of carbonyl (C=O) groups excluding carboxylic acids is 2. The lowest BCUT2D eigenvalue weighted by Crippen LogP contribution is -2.33. The number of H-pyrrole nitrogens is 1. The second-order valence-corrected chi connectivity index (χ2v) is 7.10. The molecule has 0 spiro atoms. The Hall–Kier alpha value is -2.22. The van der Waals surface area contributed by atoms with Crippen molar-refractivity contribution in [3.63, 3.8) is 0 Å². The molecule has 0 atom stereocenters. The Labute approximate surface area is 157 Å². The molecule has 0 radical (unpaired) electrons. The van der Waals surface area contributed by atoms with Gasteiger partial charge in [0.1, 0.15) is 15.8 Å². The third kappa shape index (κ3) is 3.89. The Morgan fingerprint density at radius 2 is 1.96 bits per heavy atom. The minimum Gasteiger partial charge on any atom is -0.497 e. The first-order valence-corrected chi connectivity index (χ1v) is 8.74. The first-order valence-electron chi connectivity index (χ1n) is 7.16. The molecule has 1 aromatic carbocycles. The Balaban J connectivity index is 1.57. The molecule has 6 nitrogen and oxygen atoms in total. The van der Waals surface area contributed by atoms with Crippen molar-refractivity contribution in [3.8, 4) is 5.75 Å². The lowest BCUT2D eigenvalue weighted by molar-refractivity contribution is -0.115. The summed E-state index contributed by atoms with van der Waals surface area (Å²) in [5, 5.41) is 5.62. The van der Waals surface area contributed by atoms with Gasteiger partial charge in [0.2, 0.25) is 5.91 Å². The molecule has 0 fully saturated rings. The van der Waals surface area contributed by atoms with Crippen LogP contribution in [0, 0.1) is 0 Å². The van der Waals surface area contributed by atoms with E-state index in [2.05, 4.69) is 15.6 Å². The monoisotopic (exact) mass is 397 g/mol. The summed E-state index contributed by atoms with van der Waals surface area (Å²) >= 11 is 13.2. The highest BCUT2D eigenvalue weighted by Crippen LogP contribution is 2.38. The highest BCUT2D eigenvalue weighted by Gasteiger charge is 2.16. The van der Waals surface area contributed by atoms with Crippen molar-refractivity contribution in [2.24, 2.45) is 0 Å². The lowest BCUT2D eigenvalue weighted by atomic mass is 10.3. The van der Waals surface area contributed by atoms with Gasteiger partial charge in [-0.05, 0) is 30.3 Å². The summed E-state index contributed by atoms with van der Waals surface area (Å²) in [6.45, 7) is -0.161. The van der Waals surface area contributed by atoms with Gasteiger partial charge < -0.3 is 20.4 Å². The number of methoxy groups -OCH3 is 1. The molecule has 2 amide bonds. The van der Waals surface area contributed by atoms with Gasteiger partial charge in [-0.15, -0.1) is 11.3 Å². The Morgan fingerprint density at radius 3 is 2.60 bits per heavy atom. The first kappa shape index (κ1) is 17.6. The van der Waals surface area contributed by atoms with Crippen molar-refractivity contribution in [2.75, 3.05) is 19.0 Å². The maximum Gasteiger partial charge on any atom is 0.268 e. The average molecular weight is 398 g/mol. The van der Waals surface area contributed by atoms with E-state index in [0.29, 0.717) is 32.0 Å². The number of aromatic amines is 1. The van der Waals surface area contributed by atoms with Gasteiger partial charge in [-0.3, -0.25) is 9.59 Å². The zero-order valence-electron chi connectivity index (χ0n) is 13.0. The molecular formula is C16H13Cl2N3O3S. The van der Waals surface area contributed by atoms with E-state index in [1.165, 1.54) is 11.3 Å². The molecule has 9 heteroatoms. The Bertz CT molecular complexity index is 934. The van der Waals surface area contributed by atoms with Gasteiger partial charge >= 0.3 is 0 Å². The summed E-state index contributed by atoms with van der Waals surface area (Å²) in [6, 6.07) is 8.53. The smallest absolute Gasteiger partial charge is 0.268 e. The van der Waals surface area contributed by atoms with Crippen LogP contribution in [0.5, 0.6) is 5.75 Å². The van der Waals surface area contributed by atoms with Crippen molar-refractivity contribution in [1.29, 1.82) is 0 Å². The highest BCUT2D eigenvalue weighted by molar-refractivity contribution is 7.23. The number of benzene rings is 1. The number of hydrogen-bond donors (Lipinski definition) is 3. The molecule has 0 aliphatic heterocycles. The van der Waals surface area contributed by atoms with Crippen molar-refractivity contribution >= 4 is 62.3 Å². The Kier molecular flexibility index (Phi) is 5.17. The SMILES string of the molecule is COc1ccc(NC(=O)CNC(=O)c2cc3sc(Cl)c(Cl)c3[nH]2)cc1. The van der Waals surface area contributed by atoms with Gasteiger partial charge in [0.25, 0.3) is 5.91 Å². The fourth-order valence-corrected chi connectivity index (χ4v) is 3.66. The molecular weight excluding hydrogens is 385 g/mol. The van der Waals surface area contributed by atoms with Crippen molar-refractivity contribution in [1.82, 2.24) is 10.3 Å². The van der Waals surface area contributed by atoms with Gasteiger partial charge in [-0.2, -0.15) is 0 Å². The number of thiophene rings is 1. The summed E-state index contributed by atoms with van der Waals surface area (Å²) < 4.78 is 6.29. The fourth-order valence-electron chi connectivity index (χ4n) is 2.18. The number of nitrogens with one attached hydrogen (secondary N) is 3. The van der Waals surface area contributed by atoms with Crippen molar-refractivity contribution < 1.29 is 14.3 Å². The maximum atomic E-state index is 12.1. The largest absolute Gasteiger partial charge is 0.497 e. The summed E-state index contributed by atoms with van der Waals surface area (Å²) in [5.74, 6) is -0.0507. The summed E-state index contributed by atoms with van der Waals surface area (Å²) in [4.78, 5) is 27.0. The number of halogens is 2. The minimum absolute atomic E-state index is 0.161. The molecule has 3 N–H and O–H groups in total. The van der Waals surface area contributed by atoms with Crippen LogP contribution >= 0.6 is 34.5 Å². The van der Waals surface area contributed by atoms with Crippen molar-refractivity contribution in [2.45, 2.75) is 0 Å². The predicted octanol–water partition coefficient (Wildman–Crippen LogP) is 3.91. The van der Waals surface area contributed by atoms with Crippen LogP contribution < -0.4 is 15.4 Å². The summed E-state index contributed by atoms with van der Waals surface area (Å²) in [5.41, 5.74) is 1.54. The van der Waals surface area contributed by atoms with Crippen LogP contribution in [0.3, 0.4) is 0 Å². The number of anilines is 1. The molecule has 0 aliphatic carbocycles. The number of fused-ring (bicyclic) bond motifs is 1. The molecule has 0 bridgehead atoms. The maximum absolute atomic E-state index is 12.1. The number of carbonyl (C=O) groups is 2. The van der Waals surface area contributed by atoms with Gasteiger partial charge in [0.15, 0.2) is 0 Å². The van der Waals surface area contributed by atoms with E-state index in [0.717, 1.165) is 4.70 Å². The zero-order valence-corrected chi connectivity index (χ0v) is 15.3. The summed E-state index contributed by atoms with van der Waals surface area (Å²) in [7, 11) is 1.56. The van der Waals surface area contributed by atoms with E-state index in [1.54, 1.807) is 37.4 Å². The second kappa shape index (κ2) is 7.35. The van der Waals surface area contributed by atoms with Crippen LogP contribution in [-0.4, -0.2) is 30.5 Å². The molecule has 2 heterocycles. The van der Waals surface area contributed by atoms with Crippen LogP contribution in [0.1, 0.15) is 10.5 Å². The number of rotatable bonds is 5. The van der Waals surface area contributed by atoms with Crippen molar-refractivity contribution in [3.05, 3.63) is 45.4 Å². The molecule has 130 valence electrons. The Morgan fingerprint density at radius 1 is 1.24 bits per heavy atom. The zero-order chi connectivity index (χ0) is 18.0. The van der Waals surface area contributed by atoms with E-state index in [4.69, 9.17) is 27.9 Å². The van der Waals surface area contributed by atoms with Crippen LogP contribution in [-0.2, 0) is 4.79 Å². The minimum atomic E-state index is -0.402. The topological polar surface area (TPSA) is 83.2 Å². The number of hydrogen-bond acceptors (Lipinski definition) is 4. The standard InChI is InChI=1S/C16H13Cl2N3O3S/c1-24-9-4-2-8(3-5-9)20-12(22)7-19-16(23)10-6-11-14(21-10)13(17)15(18)25-11/h2-6,21H,7H2,1H3,(H,19,23)(H,20,22).